The summed E-state index contributed by atoms with van der Waals surface area (Å²) >= 11 is 0. The van der Waals surface area contributed by atoms with E-state index in [1.807, 2.05) is 0 Å². The molecule has 0 spiro atoms. The molecule has 1 aliphatic carbocycles. The van der Waals surface area contributed by atoms with Crippen molar-refractivity contribution in [3.63, 3.8) is 0 Å². The van der Waals surface area contributed by atoms with E-state index in [2.05, 4.69) is 9.97 Å². The van der Waals surface area contributed by atoms with Crippen LogP contribution in [0.15, 0.2) is 48.5 Å². The molecule has 0 amide bonds. The normalized spacial score (nSPS) is 12.7. The molecular weight excluding hydrogens is 310 g/mol. The van der Waals surface area contributed by atoms with Gasteiger partial charge in [0.2, 0.25) is 11.6 Å². The first-order chi connectivity index (χ1) is 11.6. The number of aromatic nitrogens is 2. The number of aromatic amines is 1. The Hall–Kier alpha value is -3.61. The van der Waals surface area contributed by atoms with Gasteiger partial charge in [-0.15, -0.1) is 0 Å². The lowest BCUT2D eigenvalue weighted by Crippen LogP contribution is -2.20. The van der Waals surface area contributed by atoms with Gasteiger partial charge >= 0.3 is 0 Å². The lowest BCUT2D eigenvalue weighted by atomic mass is 9.90. The molecule has 116 valence electrons. The summed E-state index contributed by atoms with van der Waals surface area (Å²) in [4.78, 5) is 42.4. The number of hydrogen-bond acceptors (Lipinski definition) is 5. The quantitative estimate of drug-likeness (QED) is 0.451. The minimum Gasteiger partial charge on any atom is -0.335 e. The number of nitrogens with one attached hydrogen (secondary N) is 1. The first-order valence-corrected chi connectivity index (χ1v) is 7.09. The van der Waals surface area contributed by atoms with Crippen LogP contribution in [0.1, 0.15) is 32.1 Å². The van der Waals surface area contributed by atoms with Crippen LogP contribution >= 0.6 is 0 Å². The second-order valence-corrected chi connectivity index (χ2v) is 5.32. The van der Waals surface area contributed by atoms with Crippen LogP contribution in [0.4, 0.5) is 5.69 Å². The van der Waals surface area contributed by atoms with E-state index in [0.717, 1.165) is 0 Å². The van der Waals surface area contributed by atoms with Crippen molar-refractivity contribution in [2.24, 2.45) is 0 Å². The predicted octanol–water partition coefficient (Wildman–Crippen LogP) is 2.76. The summed E-state index contributed by atoms with van der Waals surface area (Å²) in [6, 6.07) is 12.3. The maximum atomic E-state index is 12.5. The van der Waals surface area contributed by atoms with E-state index in [-0.39, 0.29) is 28.6 Å². The van der Waals surface area contributed by atoms with E-state index in [1.54, 1.807) is 24.3 Å². The Kier molecular flexibility index (Phi) is 2.89. The maximum absolute atomic E-state index is 12.5. The van der Waals surface area contributed by atoms with E-state index in [1.165, 1.54) is 24.3 Å². The van der Waals surface area contributed by atoms with Crippen molar-refractivity contribution >= 4 is 17.3 Å². The zero-order chi connectivity index (χ0) is 16.8. The molecule has 1 aromatic heterocycles. The third-order valence-electron chi connectivity index (χ3n) is 3.91. The number of fused-ring (bicyclic) bond motifs is 2. The molecule has 7 heteroatoms. The van der Waals surface area contributed by atoms with E-state index in [0.29, 0.717) is 22.5 Å². The fourth-order valence-corrected chi connectivity index (χ4v) is 2.72. The van der Waals surface area contributed by atoms with Crippen LogP contribution in [-0.2, 0) is 0 Å². The Morgan fingerprint density at radius 1 is 0.917 bits per heavy atom. The third-order valence-corrected chi connectivity index (χ3v) is 3.91. The second kappa shape index (κ2) is 4.95. The van der Waals surface area contributed by atoms with Crippen molar-refractivity contribution in [3.8, 4) is 11.4 Å². The van der Waals surface area contributed by atoms with Crippen LogP contribution in [0.25, 0.3) is 11.4 Å². The van der Waals surface area contributed by atoms with Crippen LogP contribution < -0.4 is 0 Å². The molecule has 0 radical (unpaired) electrons. The summed E-state index contributed by atoms with van der Waals surface area (Å²) in [6.45, 7) is 0. The number of ketones is 2. The van der Waals surface area contributed by atoms with Gasteiger partial charge in [0.25, 0.3) is 5.69 Å². The number of nitro benzene ring substituents is 1. The highest BCUT2D eigenvalue weighted by molar-refractivity contribution is 6.27. The molecule has 0 aliphatic heterocycles. The molecule has 2 aromatic carbocycles. The molecule has 24 heavy (non-hydrogen) atoms. The SMILES string of the molecule is O=C1c2ccccc2C(=O)c2[nH]c(-c3ccc([N+](=O)[O-])cc3)nc21. The van der Waals surface area contributed by atoms with Gasteiger partial charge in [-0.3, -0.25) is 19.7 Å². The van der Waals surface area contributed by atoms with Gasteiger partial charge in [-0.05, 0) is 12.1 Å². The average molecular weight is 319 g/mol. The number of rotatable bonds is 2. The number of carbonyl (C=O) groups excluding carboxylic acids is 2. The molecule has 1 heterocycles. The number of carbonyl (C=O) groups is 2. The fraction of sp³-hybridized carbons (Fsp3) is 0. The molecular formula is C17H9N3O4. The standard InChI is InChI=1S/C17H9N3O4/c21-15-11-3-1-2-4-12(11)16(22)14-13(15)18-17(19-14)9-5-7-10(8-6-9)20(23)24/h1-8H,(H,18,19). The lowest BCUT2D eigenvalue weighted by molar-refractivity contribution is -0.384. The molecule has 0 fully saturated rings. The van der Waals surface area contributed by atoms with Gasteiger partial charge in [0, 0.05) is 28.8 Å². The number of benzene rings is 2. The Morgan fingerprint density at radius 2 is 1.54 bits per heavy atom. The van der Waals surface area contributed by atoms with E-state index in [9.17, 15) is 19.7 Å². The van der Waals surface area contributed by atoms with Crippen molar-refractivity contribution in [1.29, 1.82) is 0 Å². The van der Waals surface area contributed by atoms with Gasteiger partial charge in [-0.1, -0.05) is 24.3 Å². The Labute approximate surface area is 135 Å². The zero-order valence-corrected chi connectivity index (χ0v) is 12.1. The van der Waals surface area contributed by atoms with Crippen LogP contribution in [0.2, 0.25) is 0 Å². The Bertz CT molecular complexity index is 966. The van der Waals surface area contributed by atoms with Crippen LogP contribution in [0.5, 0.6) is 0 Å². The first-order valence-electron chi connectivity index (χ1n) is 7.09. The number of hydrogen-bond donors (Lipinski definition) is 1. The minimum absolute atomic E-state index is 0.0466. The third kappa shape index (κ3) is 1.95. The van der Waals surface area contributed by atoms with Gasteiger partial charge in [0.15, 0.2) is 0 Å². The molecule has 1 N–H and O–H groups in total. The molecule has 0 atom stereocenters. The molecule has 0 saturated carbocycles. The molecule has 4 rings (SSSR count). The van der Waals surface area contributed by atoms with Crippen molar-refractivity contribution in [3.05, 3.63) is 81.2 Å². The second-order valence-electron chi connectivity index (χ2n) is 5.32. The Balaban J connectivity index is 1.81. The first kappa shape index (κ1) is 14.0. The van der Waals surface area contributed by atoms with Crippen LogP contribution in [0.3, 0.4) is 0 Å². The molecule has 0 bridgehead atoms. The number of H-pyrrole nitrogens is 1. The molecule has 7 nitrogen and oxygen atoms in total. The summed E-state index contributed by atoms with van der Waals surface area (Å²) in [6.07, 6.45) is 0. The lowest BCUT2D eigenvalue weighted by Gasteiger charge is -2.11. The van der Waals surface area contributed by atoms with E-state index < -0.39 is 4.92 Å². The molecule has 0 unspecified atom stereocenters. The Morgan fingerprint density at radius 3 is 2.17 bits per heavy atom. The largest absolute Gasteiger partial charge is 0.335 e. The fourth-order valence-electron chi connectivity index (χ4n) is 2.72. The summed E-state index contributed by atoms with van der Waals surface area (Å²) in [5.74, 6) is -0.283. The molecule has 0 saturated heterocycles. The summed E-state index contributed by atoms with van der Waals surface area (Å²) in [5, 5.41) is 10.7. The number of nitro groups is 1. The summed E-state index contributed by atoms with van der Waals surface area (Å²) in [7, 11) is 0. The average Bonchev–Trinajstić information content (AvgIpc) is 3.05. The van der Waals surface area contributed by atoms with Crippen LogP contribution in [0, 0.1) is 10.1 Å². The highest BCUT2D eigenvalue weighted by Crippen LogP contribution is 2.28. The number of nitrogens with zero attached hydrogens (tertiary/aromatic N) is 2. The molecule has 1 aliphatic rings. The van der Waals surface area contributed by atoms with Crippen molar-refractivity contribution in [2.75, 3.05) is 0 Å². The van der Waals surface area contributed by atoms with Gasteiger partial charge < -0.3 is 4.98 Å². The smallest absolute Gasteiger partial charge is 0.269 e. The number of non-ortho nitro benzene ring substituents is 1. The zero-order valence-electron chi connectivity index (χ0n) is 12.1. The molecule has 3 aromatic rings. The highest BCUT2D eigenvalue weighted by atomic mass is 16.6. The topological polar surface area (TPSA) is 106 Å². The van der Waals surface area contributed by atoms with Gasteiger partial charge in [0.05, 0.1) is 4.92 Å². The number of imidazole rings is 1. The van der Waals surface area contributed by atoms with Gasteiger partial charge in [-0.25, -0.2) is 4.98 Å². The predicted molar refractivity (Wildman–Crippen MR) is 84.0 cm³/mol. The van der Waals surface area contributed by atoms with Crippen LogP contribution in [-0.4, -0.2) is 26.5 Å². The maximum Gasteiger partial charge on any atom is 0.269 e. The van der Waals surface area contributed by atoms with Crippen molar-refractivity contribution < 1.29 is 14.5 Å². The van der Waals surface area contributed by atoms with Gasteiger partial charge in [-0.2, -0.15) is 0 Å². The van der Waals surface area contributed by atoms with Gasteiger partial charge in [0.1, 0.15) is 17.2 Å². The van der Waals surface area contributed by atoms with Crippen molar-refractivity contribution in [1.82, 2.24) is 9.97 Å². The highest BCUT2D eigenvalue weighted by Gasteiger charge is 2.33. The van der Waals surface area contributed by atoms with E-state index in [4.69, 9.17) is 0 Å². The van der Waals surface area contributed by atoms with E-state index >= 15 is 0 Å². The summed E-state index contributed by atoms with van der Waals surface area (Å²) in [5.41, 5.74) is 1.40. The summed E-state index contributed by atoms with van der Waals surface area (Å²) < 4.78 is 0. The monoisotopic (exact) mass is 319 g/mol. The minimum atomic E-state index is -0.499. The van der Waals surface area contributed by atoms with Crippen molar-refractivity contribution in [2.45, 2.75) is 0 Å².